The fourth-order valence-electron chi connectivity index (χ4n) is 2.12. The largest absolute Gasteiger partial charge is 0.392 e. The van der Waals surface area contributed by atoms with Gasteiger partial charge in [-0.25, -0.2) is 0 Å². The van der Waals surface area contributed by atoms with Gasteiger partial charge in [0.15, 0.2) is 0 Å². The minimum absolute atomic E-state index is 0.106. The van der Waals surface area contributed by atoms with Crippen LogP contribution in [-0.2, 0) is 11.2 Å². The highest BCUT2D eigenvalue weighted by atomic mass is 35.5. The Balaban J connectivity index is 2.43. The SMILES string of the molecule is CC(O)CN(C(=O)CCCc1ccc(Cl)cc1)C(C)C. The number of amides is 1. The van der Waals surface area contributed by atoms with E-state index in [0.717, 1.165) is 17.9 Å². The van der Waals surface area contributed by atoms with Gasteiger partial charge in [-0.3, -0.25) is 4.79 Å². The standard InChI is InChI=1S/C16H24ClNO2/c1-12(2)18(11-13(3)19)16(20)6-4-5-14-7-9-15(17)10-8-14/h7-10,12-13,19H,4-6,11H2,1-3H3. The molecule has 0 saturated carbocycles. The van der Waals surface area contributed by atoms with Crippen LogP contribution in [0.15, 0.2) is 24.3 Å². The average Bonchev–Trinajstić information content (AvgIpc) is 2.37. The molecule has 0 spiro atoms. The van der Waals surface area contributed by atoms with E-state index in [0.29, 0.717) is 13.0 Å². The number of hydrogen-bond acceptors (Lipinski definition) is 2. The van der Waals surface area contributed by atoms with Gasteiger partial charge in [0.05, 0.1) is 6.10 Å². The first-order valence-electron chi connectivity index (χ1n) is 7.12. The Labute approximate surface area is 126 Å². The van der Waals surface area contributed by atoms with Crippen LogP contribution in [0.5, 0.6) is 0 Å². The first kappa shape index (κ1) is 17.0. The summed E-state index contributed by atoms with van der Waals surface area (Å²) in [4.78, 5) is 13.9. The second-order valence-electron chi connectivity index (χ2n) is 5.47. The summed E-state index contributed by atoms with van der Waals surface area (Å²) in [5, 5.41) is 10.2. The number of hydrogen-bond donors (Lipinski definition) is 1. The van der Waals surface area contributed by atoms with Crippen molar-refractivity contribution >= 4 is 17.5 Å². The van der Waals surface area contributed by atoms with Gasteiger partial charge in [0.1, 0.15) is 0 Å². The molecule has 1 rings (SSSR count). The monoisotopic (exact) mass is 297 g/mol. The minimum Gasteiger partial charge on any atom is -0.392 e. The van der Waals surface area contributed by atoms with Crippen molar-refractivity contribution in [1.29, 1.82) is 0 Å². The number of carbonyl (C=O) groups is 1. The topological polar surface area (TPSA) is 40.5 Å². The smallest absolute Gasteiger partial charge is 0.222 e. The van der Waals surface area contributed by atoms with Crippen molar-refractivity contribution in [3.63, 3.8) is 0 Å². The number of halogens is 1. The first-order chi connectivity index (χ1) is 9.40. The van der Waals surface area contributed by atoms with E-state index < -0.39 is 6.10 Å². The van der Waals surface area contributed by atoms with Crippen molar-refractivity contribution < 1.29 is 9.90 Å². The maximum atomic E-state index is 12.2. The molecule has 1 N–H and O–H groups in total. The van der Waals surface area contributed by atoms with Crippen LogP contribution in [0.4, 0.5) is 0 Å². The Morgan fingerprint density at radius 2 is 1.85 bits per heavy atom. The number of aryl methyl sites for hydroxylation is 1. The molecule has 1 aromatic rings. The molecule has 0 heterocycles. The van der Waals surface area contributed by atoms with Crippen LogP contribution in [-0.4, -0.2) is 34.6 Å². The van der Waals surface area contributed by atoms with Gasteiger partial charge in [0, 0.05) is 24.0 Å². The molecule has 0 fully saturated rings. The molecule has 0 aromatic heterocycles. The van der Waals surface area contributed by atoms with Crippen LogP contribution in [0, 0.1) is 0 Å². The van der Waals surface area contributed by atoms with Gasteiger partial charge in [-0.2, -0.15) is 0 Å². The molecular weight excluding hydrogens is 274 g/mol. The van der Waals surface area contributed by atoms with Gasteiger partial charge < -0.3 is 10.0 Å². The Morgan fingerprint density at radius 1 is 1.25 bits per heavy atom. The molecule has 0 bridgehead atoms. The van der Waals surface area contributed by atoms with E-state index in [1.807, 2.05) is 38.1 Å². The molecule has 1 atom stereocenters. The third kappa shape index (κ3) is 5.93. The molecule has 4 heteroatoms. The summed E-state index contributed by atoms with van der Waals surface area (Å²) >= 11 is 5.84. The number of aliphatic hydroxyl groups is 1. The molecule has 0 saturated heterocycles. The highest BCUT2D eigenvalue weighted by molar-refractivity contribution is 6.30. The molecule has 3 nitrogen and oxygen atoms in total. The van der Waals surface area contributed by atoms with Crippen LogP contribution in [0.2, 0.25) is 5.02 Å². The molecule has 112 valence electrons. The summed E-state index contributed by atoms with van der Waals surface area (Å²) in [7, 11) is 0. The van der Waals surface area contributed by atoms with Crippen molar-refractivity contribution in [1.82, 2.24) is 4.90 Å². The van der Waals surface area contributed by atoms with E-state index in [-0.39, 0.29) is 11.9 Å². The lowest BCUT2D eigenvalue weighted by atomic mass is 10.1. The van der Waals surface area contributed by atoms with Gasteiger partial charge >= 0.3 is 0 Å². The molecule has 0 aliphatic carbocycles. The van der Waals surface area contributed by atoms with E-state index in [1.165, 1.54) is 5.56 Å². The summed E-state index contributed by atoms with van der Waals surface area (Å²) in [6.07, 6.45) is 1.69. The van der Waals surface area contributed by atoms with Crippen molar-refractivity contribution in [3.8, 4) is 0 Å². The fraction of sp³-hybridized carbons (Fsp3) is 0.562. The van der Waals surface area contributed by atoms with Gasteiger partial charge in [-0.05, 0) is 51.3 Å². The van der Waals surface area contributed by atoms with Gasteiger partial charge in [0.2, 0.25) is 5.91 Å². The van der Waals surface area contributed by atoms with Crippen molar-refractivity contribution in [2.75, 3.05) is 6.54 Å². The Morgan fingerprint density at radius 3 is 2.35 bits per heavy atom. The number of carbonyl (C=O) groups excluding carboxylic acids is 1. The molecule has 1 unspecified atom stereocenters. The third-order valence-corrected chi connectivity index (χ3v) is 3.43. The summed E-state index contributed by atoms with van der Waals surface area (Å²) in [6, 6.07) is 7.83. The fourth-order valence-corrected chi connectivity index (χ4v) is 2.25. The van der Waals surface area contributed by atoms with E-state index in [2.05, 4.69) is 0 Å². The predicted molar refractivity (Wildman–Crippen MR) is 82.9 cm³/mol. The molecule has 0 aliphatic heterocycles. The number of aliphatic hydroxyl groups excluding tert-OH is 1. The average molecular weight is 298 g/mol. The first-order valence-corrected chi connectivity index (χ1v) is 7.50. The molecule has 1 amide bonds. The zero-order chi connectivity index (χ0) is 15.1. The number of benzene rings is 1. The molecule has 1 aromatic carbocycles. The summed E-state index contributed by atoms with van der Waals surface area (Å²) in [5.41, 5.74) is 1.19. The maximum absolute atomic E-state index is 12.2. The van der Waals surface area contributed by atoms with E-state index in [9.17, 15) is 9.90 Å². The second kappa shape index (κ2) is 8.28. The van der Waals surface area contributed by atoms with Crippen LogP contribution in [0.1, 0.15) is 39.2 Å². The van der Waals surface area contributed by atoms with Crippen LogP contribution < -0.4 is 0 Å². The molecule has 20 heavy (non-hydrogen) atoms. The zero-order valence-corrected chi connectivity index (χ0v) is 13.2. The van der Waals surface area contributed by atoms with Gasteiger partial charge in [-0.1, -0.05) is 23.7 Å². The van der Waals surface area contributed by atoms with E-state index >= 15 is 0 Å². The maximum Gasteiger partial charge on any atom is 0.222 e. The summed E-state index contributed by atoms with van der Waals surface area (Å²) < 4.78 is 0. The number of nitrogens with zero attached hydrogens (tertiary/aromatic N) is 1. The quantitative estimate of drug-likeness (QED) is 0.839. The van der Waals surface area contributed by atoms with Gasteiger partial charge in [0.25, 0.3) is 0 Å². The van der Waals surface area contributed by atoms with Crippen LogP contribution in [0.25, 0.3) is 0 Å². The predicted octanol–water partition coefficient (Wildman–Crippen LogP) is 3.28. The van der Waals surface area contributed by atoms with E-state index in [1.54, 1.807) is 11.8 Å². The van der Waals surface area contributed by atoms with Gasteiger partial charge in [-0.15, -0.1) is 0 Å². The lowest BCUT2D eigenvalue weighted by molar-refractivity contribution is -0.134. The lowest BCUT2D eigenvalue weighted by Gasteiger charge is -2.28. The third-order valence-electron chi connectivity index (χ3n) is 3.17. The second-order valence-corrected chi connectivity index (χ2v) is 5.91. The molecular formula is C16H24ClNO2. The lowest BCUT2D eigenvalue weighted by Crippen LogP contribution is -2.41. The highest BCUT2D eigenvalue weighted by Crippen LogP contribution is 2.13. The Bertz CT molecular complexity index is 415. The summed E-state index contributed by atoms with van der Waals surface area (Å²) in [6.45, 7) is 6.05. The van der Waals surface area contributed by atoms with Crippen molar-refractivity contribution in [2.45, 2.75) is 52.2 Å². The molecule has 0 aliphatic rings. The van der Waals surface area contributed by atoms with Crippen LogP contribution >= 0.6 is 11.6 Å². The van der Waals surface area contributed by atoms with E-state index in [4.69, 9.17) is 11.6 Å². The van der Waals surface area contributed by atoms with Crippen molar-refractivity contribution in [2.24, 2.45) is 0 Å². The minimum atomic E-state index is -0.488. The van der Waals surface area contributed by atoms with Crippen LogP contribution in [0.3, 0.4) is 0 Å². The Hall–Kier alpha value is -1.06. The summed E-state index contributed by atoms with van der Waals surface area (Å²) in [5.74, 6) is 0.106. The molecule has 0 radical (unpaired) electrons. The Kier molecular flexibility index (Phi) is 7.03. The number of rotatable bonds is 7. The normalized spacial score (nSPS) is 12.5. The highest BCUT2D eigenvalue weighted by Gasteiger charge is 2.17. The van der Waals surface area contributed by atoms with Crippen molar-refractivity contribution in [3.05, 3.63) is 34.9 Å². The zero-order valence-electron chi connectivity index (χ0n) is 12.5.